The van der Waals surface area contributed by atoms with Crippen LogP contribution in [0.5, 0.6) is 5.75 Å². The summed E-state index contributed by atoms with van der Waals surface area (Å²) in [5, 5.41) is 2.02. The predicted molar refractivity (Wildman–Crippen MR) is 88.0 cm³/mol. The van der Waals surface area contributed by atoms with Crippen LogP contribution in [0.3, 0.4) is 0 Å². The molecule has 0 fully saturated rings. The number of aldehydes is 1. The van der Waals surface area contributed by atoms with Crippen LogP contribution in [0.15, 0.2) is 71.7 Å². The summed E-state index contributed by atoms with van der Waals surface area (Å²) in [5.74, 6) is 0.644. The first-order chi connectivity index (χ1) is 11.3. The van der Waals surface area contributed by atoms with Crippen LogP contribution in [0.25, 0.3) is 10.8 Å². The number of fused-ring (bicyclic) bond motifs is 2. The van der Waals surface area contributed by atoms with Crippen LogP contribution in [0.4, 0.5) is 5.69 Å². The summed E-state index contributed by atoms with van der Waals surface area (Å²) in [5.41, 5.74) is 1.43. The van der Waals surface area contributed by atoms with E-state index in [1.165, 1.54) is 0 Å². The van der Waals surface area contributed by atoms with Gasteiger partial charge in [0.05, 0.1) is 5.69 Å². The van der Waals surface area contributed by atoms with Crippen molar-refractivity contribution in [2.24, 2.45) is 4.99 Å². The van der Waals surface area contributed by atoms with E-state index in [1.807, 2.05) is 66.7 Å². The molecule has 0 amide bonds. The standard InChI is InChI=1S/C19H13NO3/c21-12-18-15-9-3-4-10-16(15)20-19(23-18)22-17-11-5-7-13-6-1-2-8-14(13)17/h1-12,18H. The van der Waals surface area contributed by atoms with E-state index in [2.05, 4.69) is 4.99 Å². The van der Waals surface area contributed by atoms with Crippen LogP contribution in [-0.2, 0) is 9.53 Å². The summed E-state index contributed by atoms with van der Waals surface area (Å²) in [7, 11) is 0. The SMILES string of the molecule is O=CC1OC(Oc2cccc3ccccc23)=Nc2ccccc21. The lowest BCUT2D eigenvalue weighted by atomic mass is 10.1. The van der Waals surface area contributed by atoms with E-state index in [0.717, 1.165) is 22.6 Å². The number of hydrogen-bond acceptors (Lipinski definition) is 4. The summed E-state index contributed by atoms with van der Waals surface area (Å²) < 4.78 is 11.4. The molecule has 4 rings (SSSR count). The number of benzene rings is 3. The number of aliphatic imine (C=N–C) groups is 1. The Morgan fingerprint density at radius 3 is 2.65 bits per heavy atom. The Morgan fingerprint density at radius 1 is 0.957 bits per heavy atom. The Balaban J connectivity index is 1.74. The number of para-hydroxylation sites is 1. The van der Waals surface area contributed by atoms with Crippen molar-refractivity contribution >= 4 is 28.8 Å². The smallest absolute Gasteiger partial charge is 0.395 e. The van der Waals surface area contributed by atoms with Crippen molar-refractivity contribution in [3.8, 4) is 5.75 Å². The van der Waals surface area contributed by atoms with Gasteiger partial charge in [0.25, 0.3) is 0 Å². The maximum absolute atomic E-state index is 11.3. The van der Waals surface area contributed by atoms with E-state index in [-0.39, 0.29) is 6.08 Å². The molecule has 0 aliphatic carbocycles. The highest BCUT2D eigenvalue weighted by Crippen LogP contribution is 2.33. The molecule has 0 spiro atoms. The molecule has 0 aromatic heterocycles. The van der Waals surface area contributed by atoms with Gasteiger partial charge in [-0.2, -0.15) is 4.99 Å². The zero-order valence-corrected chi connectivity index (χ0v) is 12.2. The van der Waals surface area contributed by atoms with E-state index in [9.17, 15) is 4.79 Å². The Kier molecular flexibility index (Phi) is 3.27. The first kappa shape index (κ1) is 13.5. The highest BCUT2D eigenvalue weighted by molar-refractivity contribution is 5.91. The maximum atomic E-state index is 11.3. The second-order valence-electron chi connectivity index (χ2n) is 5.19. The number of carbonyl (C=O) groups excluding carboxylic acids is 1. The van der Waals surface area contributed by atoms with E-state index >= 15 is 0 Å². The normalized spacial score (nSPS) is 16.2. The fraction of sp³-hybridized carbons (Fsp3) is 0.0526. The number of hydrogen-bond donors (Lipinski definition) is 0. The van der Waals surface area contributed by atoms with Crippen molar-refractivity contribution in [3.63, 3.8) is 0 Å². The summed E-state index contributed by atoms with van der Waals surface area (Å²) in [6.45, 7) is 0. The van der Waals surface area contributed by atoms with Gasteiger partial charge < -0.3 is 9.47 Å². The number of carbonyl (C=O) groups is 1. The topological polar surface area (TPSA) is 47.9 Å². The van der Waals surface area contributed by atoms with Gasteiger partial charge in [-0.3, -0.25) is 4.79 Å². The molecule has 4 heteroatoms. The minimum Gasteiger partial charge on any atom is -0.434 e. The van der Waals surface area contributed by atoms with Crippen molar-refractivity contribution in [1.82, 2.24) is 0 Å². The van der Waals surface area contributed by atoms with Crippen LogP contribution >= 0.6 is 0 Å². The summed E-state index contributed by atoms with van der Waals surface area (Å²) in [4.78, 5) is 15.7. The molecule has 23 heavy (non-hydrogen) atoms. The third-order valence-electron chi connectivity index (χ3n) is 3.75. The van der Waals surface area contributed by atoms with Crippen LogP contribution in [0.1, 0.15) is 11.7 Å². The van der Waals surface area contributed by atoms with Crippen LogP contribution in [-0.4, -0.2) is 12.4 Å². The zero-order chi connectivity index (χ0) is 15.6. The molecule has 1 unspecified atom stereocenters. The first-order valence-corrected chi connectivity index (χ1v) is 7.30. The van der Waals surface area contributed by atoms with Gasteiger partial charge >= 0.3 is 6.08 Å². The minimum atomic E-state index is -0.700. The van der Waals surface area contributed by atoms with Crippen molar-refractivity contribution in [2.45, 2.75) is 6.10 Å². The lowest BCUT2D eigenvalue weighted by Gasteiger charge is -2.21. The van der Waals surface area contributed by atoms with Gasteiger partial charge in [0, 0.05) is 10.9 Å². The Labute approximate surface area is 133 Å². The fourth-order valence-corrected chi connectivity index (χ4v) is 2.65. The van der Waals surface area contributed by atoms with E-state index < -0.39 is 6.10 Å². The van der Waals surface area contributed by atoms with Crippen LogP contribution < -0.4 is 4.74 Å². The van der Waals surface area contributed by atoms with E-state index in [4.69, 9.17) is 9.47 Å². The molecular weight excluding hydrogens is 290 g/mol. The predicted octanol–water partition coefficient (Wildman–Crippen LogP) is 4.18. The third kappa shape index (κ3) is 2.44. The second-order valence-corrected chi connectivity index (χ2v) is 5.19. The molecular formula is C19H13NO3. The summed E-state index contributed by atoms with van der Waals surface area (Å²) in [6.07, 6.45) is 0.130. The largest absolute Gasteiger partial charge is 0.434 e. The molecule has 1 aliphatic rings. The highest BCUT2D eigenvalue weighted by Gasteiger charge is 2.24. The average molecular weight is 303 g/mol. The van der Waals surface area contributed by atoms with Crippen molar-refractivity contribution in [2.75, 3.05) is 0 Å². The van der Waals surface area contributed by atoms with Gasteiger partial charge in [-0.05, 0) is 17.5 Å². The highest BCUT2D eigenvalue weighted by atomic mass is 16.7. The molecule has 0 radical (unpaired) electrons. The van der Waals surface area contributed by atoms with Crippen molar-refractivity contribution < 1.29 is 14.3 Å². The van der Waals surface area contributed by atoms with E-state index in [0.29, 0.717) is 11.4 Å². The summed E-state index contributed by atoms with van der Waals surface area (Å²) in [6, 6.07) is 21.0. The number of rotatable bonds is 2. The van der Waals surface area contributed by atoms with Gasteiger partial charge in [-0.25, -0.2) is 0 Å². The van der Waals surface area contributed by atoms with Crippen LogP contribution in [0.2, 0.25) is 0 Å². The molecule has 0 saturated carbocycles. The number of ether oxygens (including phenoxy) is 2. The Hall–Kier alpha value is -3.14. The third-order valence-corrected chi connectivity index (χ3v) is 3.75. The molecule has 1 atom stereocenters. The minimum absolute atomic E-state index is 0.0807. The molecule has 0 bridgehead atoms. The van der Waals surface area contributed by atoms with Crippen molar-refractivity contribution in [1.29, 1.82) is 0 Å². The molecule has 0 saturated heterocycles. The maximum Gasteiger partial charge on any atom is 0.395 e. The second kappa shape index (κ2) is 5.57. The molecule has 112 valence electrons. The average Bonchev–Trinajstić information content (AvgIpc) is 2.61. The molecule has 0 N–H and O–H groups in total. The van der Waals surface area contributed by atoms with E-state index in [1.54, 1.807) is 0 Å². The van der Waals surface area contributed by atoms with Gasteiger partial charge in [-0.1, -0.05) is 54.6 Å². The molecule has 4 nitrogen and oxygen atoms in total. The van der Waals surface area contributed by atoms with Gasteiger partial charge in [0.2, 0.25) is 0 Å². The lowest BCUT2D eigenvalue weighted by Crippen LogP contribution is -2.21. The Morgan fingerprint density at radius 2 is 1.74 bits per heavy atom. The molecule has 1 aliphatic heterocycles. The number of nitrogens with zero attached hydrogens (tertiary/aromatic N) is 1. The molecule has 1 heterocycles. The summed E-state index contributed by atoms with van der Waals surface area (Å²) >= 11 is 0. The monoisotopic (exact) mass is 303 g/mol. The molecule has 3 aromatic rings. The molecule has 3 aromatic carbocycles. The zero-order valence-electron chi connectivity index (χ0n) is 12.2. The Bertz CT molecular complexity index is 912. The van der Waals surface area contributed by atoms with Gasteiger partial charge in [0.1, 0.15) is 5.75 Å². The van der Waals surface area contributed by atoms with Gasteiger partial charge in [0.15, 0.2) is 12.4 Å². The fourth-order valence-electron chi connectivity index (χ4n) is 2.65. The van der Waals surface area contributed by atoms with Crippen molar-refractivity contribution in [3.05, 3.63) is 72.3 Å². The lowest BCUT2D eigenvalue weighted by molar-refractivity contribution is -0.115. The quantitative estimate of drug-likeness (QED) is 0.667. The van der Waals surface area contributed by atoms with Crippen LogP contribution in [0, 0.1) is 0 Å². The first-order valence-electron chi connectivity index (χ1n) is 7.30. The van der Waals surface area contributed by atoms with Gasteiger partial charge in [-0.15, -0.1) is 0 Å².